The summed E-state index contributed by atoms with van der Waals surface area (Å²) in [7, 11) is 1.60. The summed E-state index contributed by atoms with van der Waals surface area (Å²) in [6.07, 6.45) is 5.75. The molecule has 168 valence electrons. The van der Waals surface area contributed by atoms with E-state index in [1.165, 1.54) is 11.1 Å². The Kier molecular flexibility index (Phi) is 7.33. The maximum absolute atomic E-state index is 12.7. The molecule has 0 aliphatic carbocycles. The minimum atomic E-state index is -0.110. The Labute approximate surface area is 194 Å². The summed E-state index contributed by atoms with van der Waals surface area (Å²) in [5, 5.41) is 0. The molecule has 0 saturated heterocycles. The number of hydrogen-bond acceptors (Lipinski definition) is 3. The molecule has 0 radical (unpaired) electrons. The Morgan fingerprint density at radius 2 is 1.79 bits per heavy atom. The Balaban J connectivity index is 1.47. The predicted octanol–water partition coefficient (Wildman–Crippen LogP) is 4.93. The highest BCUT2D eigenvalue weighted by molar-refractivity contribution is 5.95. The Hall–Kier alpha value is -3.70. The van der Waals surface area contributed by atoms with Crippen LogP contribution in [-0.2, 0) is 24.4 Å². The van der Waals surface area contributed by atoms with Crippen molar-refractivity contribution in [3.05, 3.63) is 120 Å². The molecular formula is C28H29N2O3+. The van der Waals surface area contributed by atoms with E-state index in [0.717, 1.165) is 5.56 Å². The Bertz CT molecular complexity index is 1200. The topological polar surface area (TPSA) is 44.3 Å². The molecule has 4 aromatic rings. The number of carbonyl (C=O) groups is 1. The molecule has 1 heterocycles. The van der Waals surface area contributed by atoms with Crippen LogP contribution in [0.4, 0.5) is 0 Å². The van der Waals surface area contributed by atoms with Gasteiger partial charge in [-0.15, -0.1) is 0 Å². The first-order valence-corrected chi connectivity index (χ1v) is 11.1. The van der Waals surface area contributed by atoms with Crippen LogP contribution in [-0.4, -0.2) is 17.5 Å². The fourth-order valence-corrected chi connectivity index (χ4v) is 3.85. The van der Waals surface area contributed by atoms with E-state index in [2.05, 4.69) is 35.8 Å². The maximum Gasteiger partial charge on any atom is 0.244 e. The van der Waals surface area contributed by atoms with Crippen molar-refractivity contribution in [2.45, 2.75) is 32.7 Å². The third-order valence-corrected chi connectivity index (χ3v) is 5.67. The number of carbonyl (C=O) groups excluding carboxylic acids is 1. The van der Waals surface area contributed by atoms with Gasteiger partial charge in [0.25, 0.3) is 0 Å². The lowest BCUT2D eigenvalue weighted by Crippen LogP contribution is -2.36. The molecule has 0 saturated carbocycles. The highest BCUT2D eigenvalue weighted by Crippen LogP contribution is 2.24. The molecular weight excluding hydrogens is 412 g/mol. The second kappa shape index (κ2) is 10.7. The van der Waals surface area contributed by atoms with Crippen LogP contribution in [0, 0.1) is 6.92 Å². The summed E-state index contributed by atoms with van der Waals surface area (Å²) in [4.78, 5) is 12.7. The summed E-state index contributed by atoms with van der Waals surface area (Å²) in [6.45, 7) is 3.56. The van der Waals surface area contributed by atoms with Crippen LogP contribution >= 0.6 is 0 Å². The van der Waals surface area contributed by atoms with E-state index < -0.39 is 0 Å². The van der Waals surface area contributed by atoms with Crippen molar-refractivity contribution < 1.29 is 18.8 Å². The van der Waals surface area contributed by atoms with Gasteiger partial charge in [-0.25, -0.2) is 9.13 Å². The van der Waals surface area contributed by atoms with Gasteiger partial charge in [0.2, 0.25) is 12.1 Å². The van der Waals surface area contributed by atoms with E-state index in [9.17, 15) is 4.79 Å². The second-order valence-electron chi connectivity index (χ2n) is 8.08. The first-order valence-electron chi connectivity index (χ1n) is 11.1. The quantitative estimate of drug-likeness (QED) is 0.259. The average Bonchev–Trinajstić information content (AvgIpc) is 3.29. The van der Waals surface area contributed by atoms with E-state index in [-0.39, 0.29) is 18.4 Å². The zero-order valence-electron chi connectivity index (χ0n) is 19.1. The number of nitrogens with zero attached hydrogens (tertiary/aromatic N) is 2. The molecule has 1 unspecified atom stereocenters. The van der Waals surface area contributed by atoms with Crippen LogP contribution in [0.1, 0.15) is 33.2 Å². The molecule has 0 N–H and O–H groups in total. The van der Waals surface area contributed by atoms with Gasteiger partial charge in [-0.3, -0.25) is 4.79 Å². The molecule has 5 nitrogen and oxygen atoms in total. The molecule has 33 heavy (non-hydrogen) atoms. The summed E-state index contributed by atoms with van der Waals surface area (Å²) in [6, 6.07) is 25.8. The molecule has 0 aliphatic heterocycles. The molecule has 5 heteroatoms. The van der Waals surface area contributed by atoms with Crippen LogP contribution < -0.4 is 9.30 Å². The smallest absolute Gasteiger partial charge is 0.244 e. The Morgan fingerprint density at radius 1 is 1.00 bits per heavy atom. The largest absolute Gasteiger partial charge is 0.497 e. The van der Waals surface area contributed by atoms with Crippen molar-refractivity contribution in [2.75, 3.05) is 7.11 Å². The molecule has 4 rings (SSSR count). The van der Waals surface area contributed by atoms with Gasteiger partial charge >= 0.3 is 0 Å². The van der Waals surface area contributed by atoms with E-state index in [1.807, 2.05) is 71.8 Å². The van der Waals surface area contributed by atoms with Gasteiger partial charge in [-0.05, 0) is 35.7 Å². The highest BCUT2D eigenvalue weighted by Gasteiger charge is 2.19. The van der Waals surface area contributed by atoms with E-state index in [4.69, 9.17) is 9.47 Å². The number of methoxy groups -OCH3 is 1. The third-order valence-electron chi connectivity index (χ3n) is 5.67. The lowest BCUT2D eigenvalue weighted by Gasteiger charge is -2.19. The number of hydrogen-bond donors (Lipinski definition) is 0. The van der Waals surface area contributed by atoms with Crippen LogP contribution in [0.2, 0.25) is 0 Å². The van der Waals surface area contributed by atoms with E-state index >= 15 is 0 Å². The molecule has 1 atom stereocenters. The molecule has 3 aromatic carbocycles. The van der Waals surface area contributed by atoms with E-state index in [1.54, 1.807) is 13.2 Å². The van der Waals surface area contributed by atoms with Crippen molar-refractivity contribution in [1.82, 2.24) is 4.57 Å². The monoisotopic (exact) mass is 441 g/mol. The zero-order chi connectivity index (χ0) is 23.0. The van der Waals surface area contributed by atoms with Crippen LogP contribution in [0.5, 0.6) is 5.75 Å². The summed E-state index contributed by atoms with van der Waals surface area (Å²) < 4.78 is 15.6. The third kappa shape index (κ3) is 5.96. The van der Waals surface area contributed by atoms with Crippen molar-refractivity contribution in [3.8, 4) is 5.75 Å². The SMILES string of the molecule is COc1cccc(C(=O)C[n+]2ccn(CC(OCc3ccccc3)c3ccccc3C)c2)c1. The van der Waals surface area contributed by atoms with Crippen molar-refractivity contribution in [2.24, 2.45) is 0 Å². The van der Waals surface area contributed by atoms with Crippen molar-refractivity contribution in [3.63, 3.8) is 0 Å². The number of ketones is 1. The standard InChI is InChI=1S/C28H29N2O3/c1-22-9-6-7-14-26(22)28(33-20-23-10-4-3-5-11-23)19-30-16-15-29(21-30)18-27(31)24-12-8-13-25(17-24)32-2/h3-17,21,28H,18-20H2,1-2H3/q+1. The van der Waals surface area contributed by atoms with Gasteiger partial charge in [0.1, 0.15) is 30.8 Å². The minimum absolute atomic E-state index is 0.0347. The molecule has 0 amide bonds. The van der Waals surface area contributed by atoms with Gasteiger partial charge < -0.3 is 9.47 Å². The summed E-state index contributed by atoms with van der Waals surface area (Å²) in [5.74, 6) is 0.715. The Morgan fingerprint density at radius 3 is 2.58 bits per heavy atom. The normalized spacial score (nSPS) is 11.8. The molecule has 0 aliphatic rings. The van der Waals surface area contributed by atoms with Crippen LogP contribution in [0.15, 0.2) is 97.6 Å². The van der Waals surface area contributed by atoms with Crippen molar-refractivity contribution in [1.29, 1.82) is 0 Å². The van der Waals surface area contributed by atoms with Gasteiger partial charge in [0.05, 0.1) is 13.7 Å². The number of aromatic nitrogens is 2. The fraction of sp³-hybridized carbons (Fsp3) is 0.214. The molecule has 0 spiro atoms. The molecule has 1 aromatic heterocycles. The first-order chi connectivity index (χ1) is 16.1. The molecule has 0 bridgehead atoms. The summed E-state index contributed by atoms with van der Waals surface area (Å²) in [5.41, 5.74) is 4.14. The number of aryl methyl sites for hydroxylation is 1. The average molecular weight is 442 g/mol. The highest BCUT2D eigenvalue weighted by atomic mass is 16.5. The minimum Gasteiger partial charge on any atom is -0.497 e. The van der Waals surface area contributed by atoms with Gasteiger partial charge in [-0.1, -0.05) is 66.7 Å². The predicted molar refractivity (Wildman–Crippen MR) is 127 cm³/mol. The maximum atomic E-state index is 12.7. The number of Topliss-reactive ketones (excluding diaryl/α,β-unsaturated/α-hetero) is 1. The second-order valence-corrected chi connectivity index (χ2v) is 8.08. The number of benzene rings is 3. The van der Waals surface area contributed by atoms with Gasteiger partial charge in [0, 0.05) is 5.56 Å². The lowest BCUT2D eigenvalue weighted by atomic mass is 10.0. The number of ether oxygens (including phenoxy) is 2. The van der Waals surface area contributed by atoms with Crippen molar-refractivity contribution >= 4 is 5.78 Å². The number of imidazole rings is 1. The van der Waals surface area contributed by atoms with Gasteiger partial charge in [0.15, 0.2) is 6.54 Å². The zero-order valence-corrected chi connectivity index (χ0v) is 19.1. The first kappa shape index (κ1) is 22.5. The number of rotatable bonds is 10. The van der Waals surface area contributed by atoms with Gasteiger partial charge in [-0.2, -0.15) is 0 Å². The summed E-state index contributed by atoms with van der Waals surface area (Å²) >= 11 is 0. The molecule has 0 fully saturated rings. The lowest BCUT2D eigenvalue weighted by molar-refractivity contribution is -0.682. The fourth-order valence-electron chi connectivity index (χ4n) is 3.85. The van der Waals surface area contributed by atoms with Crippen LogP contribution in [0.25, 0.3) is 0 Å². The van der Waals surface area contributed by atoms with E-state index in [0.29, 0.717) is 24.5 Å². The van der Waals surface area contributed by atoms with Crippen LogP contribution in [0.3, 0.4) is 0 Å².